The summed E-state index contributed by atoms with van der Waals surface area (Å²) >= 11 is 0. The predicted octanol–water partition coefficient (Wildman–Crippen LogP) is 0.981. The monoisotopic (exact) mass is 312 g/mol. The molecule has 21 heavy (non-hydrogen) atoms. The molecule has 0 N–H and O–H groups in total. The summed E-state index contributed by atoms with van der Waals surface area (Å²) in [6.45, 7) is 0.379. The third kappa shape index (κ3) is 4.01. The van der Waals surface area contributed by atoms with E-state index in [-0.39, 0.29) is 5.75 Å². The first-order chi connectivity index (χ1) is 10.0. The van der Waals surface area contributed by atoms with Gasteiger partial charge >= 0.3 is 5.97 Å². The van der Waals surface area contributed by atoms with E-state index in [0.29, 0.717) is 19.4 Å². The van der Waals surface area contributed by atoms with E-state index in [1.54, 1.807) is 18.3 Å². The van der Waals surface area contributed by atoms with Crippen LogP contribution < -0.4 is 0 Å². The van der Waals surface area contributed by atoms with Gasteiger partial charge in [-0.1, -0.05) is 6.07 Å². The van der Waals surface area contributed by atoms with Gasteiger partial charge in [0.1, 0.15) is 6.04 Å². The summed E-state index contributed by atoms with van der Waals surface area (Å²) in [5.74, 6) is -0.520. The quantitative estimate of drug-likeness (QED) is 0.758. The van der Waals surface area contributed by atoms with E-state index in [1.165, 1.54) is 11.4 Å². The second-order valence-corrected chi connectivity index (χ2v) is 7.07. The molecule has 0 aromatic carbocycles. The lowest BCUT2D eigenvalue weighted by Crippen LogP contribution is -2.49. The van der Waals surface area contributed by atoms with E-state index in [9.17, 15) is 13.2 Å². The highest BCUT2D eigenvalue weighted by atomic mass is 32.2. The maximum absolute atomic E-state index is 12.5. The predicted molar refractivity (Wildman–Crippen MR) is 78.1 cm³/mol. The summed E-state index contributed by atoms with van der Waals surface area (Å²) in [6.07, 6.45) is 4.12. The van der Waals surface area contributed by atoms with Crippen LogP contribution in [0.5, 0.6) is 0 Å². The van der Waals surface area contributed by atoms with Crippen molar-refractivity contribution in [3.63, 3.8) is 0 Å². The molecule has 1 aromatic rings. The molecule has 1 fully saturated rings. The molecule has 0 amide bonds. The third-order valence-electron chi connectivity index (χ3n) is 3.63. The van der Waals surface area contributed by atoms with Crippen molar-refractivity contribution >= 4 is 16.0 Å². The van der Waals surface area contributed by atoms with Gasteiger partial charge in [0.05, 0.1) is 12.9 Å². The summed E-state index contributed by atoms with van der Waals surface area (Å²) < 4.78 is 31.0. The highest BCUT2D eigenvalue weighted by molar-refractivity contribution is 7.89. The van der Waals surface area contributed by atoms with Crippen LogP contribution in [0.1, 0.15) is 25.0 Å². The van der Waals surface area contributed by atoms with Gasteiger partial charge in [-0.15, -0.1) is 0 Å². The molecule has 1 aliphatic rings. The largest absolute Gasteiger partial charge is 0.468 e. The fourth-order valence-corrected chi connectivity index (χ4v) is 4.19. The van der Waals surface area contributed by atoms with Gasteiger partial charge < -0.3 is 4.74 Å². The highest BCUT2D eigenvalue weighted by Gasteiger charge is 2.37. The summed E-state index contributed by atoms with van der Waals surface area (Å²) in [4.78, 5) is 15.9. The van der Waals surface area contributed by atoms with Gasteiger partial charge in [0.2, 0.25) is 10.0 Å². The molecule has 1 aliphatic heterocycles. The Kier molecular flexibility index (Phi) is 5.30. The molecule has 2 rings (SSSR count). The number of carbonyl (C=O) groups is 1. The van der Waals surface area contributed by atoms with Gasteiger partial charge in [0.25, 0.3) is 0 Å². The molecule has 116 valence electrons. The Bertz CT molecular complexity index is 574. The number of esters is 1. The topological polar surface area (TPSA) is 76.6 Å². The van der Waals surface area contributed by atoms with Crippen molar-refractivity contribution in [3.8, 4) is 0 Å². The number of aryl methyl sites for hydroxylation is 1. The van der Waals surface area contributed by atoms with E-state index in [0.717, 1.165) is 18.5 Å². The molecule has 0 saturated carbocycles. The minimum Gasteiger partial charge on any atom is -0.468 e. The van der Waals surface area contributed by atoms with Gasteiger partial charge in [0.15, 0.2) is 0 Å². The van der Waals surface area contributed by atoms with Crippen LogP contribution in [0.2, 0.25) is 0 Å². The van der Waals surface area contributed by atoms with Crippen LogP contribution in [0.3, 0.4) is 0 Å². The molecule has 1 saturated heterocycles. The number of rotatable bonds is 5. The number of hydrogen-bond acceptors (Lipinski definition) is 5. The molecule has 1 aromatic heterocycles. The van der Waals surface area contributed by atoms with Crippen molar-refractivity contribution in [1.29, 1.82) is 0 Å². The lowest BCUT2D eigenvalue weighted by atomic mass is 10.1. The Morgan fingerprint density at radius 2 is 2.24 bits per heavy atom. The van der Waals surface area contributed by atoms with Crippen LogP contribution in [-0.4, -0.2) is 49.1 Å². The van der Waals surface area contributed by atoms with E-state index < -0.39 is 22.0 Å². The van der Waals surface area contributed by atoms with Gasteiger partial charge in [-0.05, 0) is 31.4 Å². The van der Waals surface area contributed by atoms with E-state index in [2.05, 4.69) is 4.98 Å². The minimum atomic E-state index is -3.49. The Balaban J connectivity index is 2.07. The van der Waals surface area contributed by atoms with Crippen LogP contribution >= 0.6 is 0 Å². The van der Waals surface area contributed by atoms with Crippen LogP contribution in [0.25, 0.3) is 0 Å². The number of nitrogens with zero attached hydrogens (tertiary/aromatic N) is 2. The zero-order valence-electron chi connectivity index (χ0n) is 12.1. The van der Waals surface area contributed by atoms with Crippen LogP contribution in [0.15, 0.2) is 24.4 Å². The van der Waals surface area contributed by atoms with Gasteiger partial charge in [0, 0.05) is 24.9 Å². The SMILES string of the molecule is COC(=O)[C@H]1CCCCN1S(=O)(=O)CCc1ccccn1. The fraction of sp³-hybridized carbons (Fsp3) is 0.571. The molecule has 0 aliphatic carbocycles. The zero-order valence-corrected chi connectivity index (χ0v) is 12.9. The maximum Gasteiger partial charge on any atom is 0.324 e. The molecular weight excluding hydrogens is 292 g/mol. The minimum absolute atomic E-state index is 0.0441. The first-order valence-corrected chi connectivity index (χ1v) is 8.63. The number of aromatic nitrogens is 1. The zero-order chi connectivity index (χ0) is 15.3. The molecule has 1 atom stereocenters. The van der Waals surface area contributed by atoms with Gasteiger partial charge in [-0.25, -0.2) is 8.42 Å². The van der Waals surface area contributed by atoms with Crippen LogP contribution in [0, 0.1) is 0 Å². The van der Waals surface area contributed by atoms with E-state index >= 15 is 0 Å². The molecule has 0 unspecified atom stereocenters. The van der Waals surface area contributed by atoms with Gasteiger partial charge in [-0.3, -0.25) is 9.78 Å². The number of pyridine rings is 1. The molecule has 0 spiro atoms. The Labute approximate surface area is 125 Å². The van der Waals surface area contributed by atoms with Crippen molar-refractivity contribution in [2.24, 2.45) is 0 Å². The Morgan fingerprint density at radius 3 is 2.90 bits per heavy atom. The standard InChI is InChI=1S/C14H20N2O4S/c1-20-14(17)13-7-3-5-10-16(13)21(18,19)11-8-12-6-2-4-9-15-12/h2,4,6,9,13H,3,5,7-8,10-11H2,1H3/t13-/m1/s1. The Hall–Kier alpha value is -1.47. The smallest absolute Gasteiger partial charge is 0.324 e. The molecule has 6 nitrogen and oxygen atoms in total. The third-order valence-corrected chi connectivity index (χ3v) is 5.50. The maximum atomic E-state index is 12.5. The molecule has 0 radical (unpaired) electrons. The van der Waals surface area contributed by atoms with Crippen molar-refractivity contribution in [2.75, 3.05) is 19.4 Å². The van der Waals surface area contributed by atoms with Crippen molar-refractivity contribution < 1.29 is 17.9 Å². The average molecular weight is 312 g/mol. The molecule has 0 bridgehead atoms. The summed E-state index contributed by atoms with van der Waals surface area (Å²) in [5.41, 5.74) is 0.729. The molecule has 2 heterocycles. The first kappa shape index (κ1) is 15.9. The summed E-state index contributed by atoms with van der Waals surface area (Å²) in [6, 6.07) is 4.73. The first-order valence-electron chi connectivity index (χ1n) is 7.02. The van der Waals surface area contributed by atoms with Crippen molar-refractivity contribution in [3.05, 3.63) is 30.1 Å². The number of piperidine rings is 1. The number of methoxy groups -OCH3 is 1. The number of hydrogen-bond donors (Lipinski definition) is 0. The Morgan fingerprint density at radius 1 is 1.43 bits per heavy atom. The lowest BCUT2D eigenvalue weighted by Gasteiger charge is -2.32. The van der Waals surface area contributed by atoms with Crippen LogP contribution in [0.4, 0.5) is 0 Å². The number of carbonyl (C=O) groups excluding carboxylic acids is 1. The molecular formula is C14H20N2O4S. The van der Waals surface area contributed by atoms with Gasteiger partial charge in [-0.2, -0.15) is 4.31 Å². The summed E-state index contributed by atoms with van der Waals surface area (Å²) in [5, 5.41) is 0. The van der Waals surface area contributed by atoms with Crippen LogP contribution in [-0.2, 0) is 26.0 Å². The highest BCUT2D eigenvalue weighted by Crippen LogP contribution is 2.22. The average Bonchev–Trinajstić information content (AvgIpc) is 2.53. The van der Waals surface area contributed by atoms with E-state index in [1.807, 2.05) is 6.07 Å². The van der Waals surface area contributed by atoms with E-state index in [4.69, 9.17) is 4.74 Å². The second kappa shape index (κ2) is 7.00. The summed E-state index contributed by atoms with van der Waals surface area (Å²) in [7, 11) is -2.21. The fourth-order valence-electron chi connectivity index (χ4n) is 2.51. The van der Waals surface area contributed by atoms with Crippen molar-refractivity contribution in [2.45, 2.75) is 31.7 Å². The molecule has 7 heteroatoms. The number of sulfonamides is 1. The normalized spacial score (nSPS) is 20.1. The second-order valence-electron chi connectivity index (χ2n) is 5.03. The van der Waals surface area contributed by atoms with Crippen molar-refractivity contribution in [1.82, 2.24) is 9.29 Å². The lowest BCUT2D eigenvalue weighted by molar-refractivity contribution is -0.146. The number of ether oxygens (including phenoxy) is 1.